The van der Waals surface area contributed by atoms with Gasteiger partial charge < -0.3 is 24.3 Å². The Morgan fingerprint density at radius 1 is 1.14 bits per heavy atom. The fraction of sp³-hybridized carbons (Fsp3) is 0.533. The molecule has 0 aliphatic rings. The highest BCUT2D eigenvalue weighted by molar-refractivity contribution is 5.80. The van der Waals surface area contributed by atoms with E-state index < -0.39 is 5.54 Å². The van der Waals surface area contributed by atoms with Crippen LogP contribution in [0.2, 0.25) is 0 Å². The molecule has 0 amide bonds. The fourth-order valence-corrected chi connectivity index (χ4v) is 1.62. The first-order valence-electron chi connectivity index (χ1n) is 6.71. The highest BCUT2D eigenvalue weighted by atomic mass is 16.5. The van der Waals surface area contributed by atoms with Crippen molar-refractivity contribution in [3.05, 3.63) is 18.2 Å². The number of carbonyl (C=O) groups is 1. The molecule has 6 heteroatoms. The second kappa shape index (κ2) is 7.73. The minimum absolute atomic E-state index is 0.124. The van der Waals surface area contributed by atoms with Gasteiger partial charge in [0.05, 0.1) is 20.8 Å². The van der Waals surface area contributed by atoms with Crippen molar-refractivity contribution < 1.29 is 23.7 Å². The molecule has 0 aliphatic carbocycles. The Morgan fingerprint density at radius 3 is 2.10 bits per heavy atom. The lowest BCUT2D eigenvalue weighted by Gasteiger charge is -2.26. The van der Waals surface area contributed by atoms with Crippen molar-refractivity contribution in [2.45, 2.75) is 19.4 Å². The molecule has 6 nitrogen and oxygen atoms in total. The van der Waals surface area contributed by atoms with Gasteiger partial charge in [-0.1, -0.05) is 0 Å². The van der Waals surface area contributed by atoms with Gasteiger partial charge in [-0.15, -0.1) is 0 Å². The number of nitrogens with one attached hydrogen (secondary N) is 1. The third-order valence-electron chi connectivity index (χ3n) is 3.13. The quantitative estimate of drug-likeness (QED) is 0.736. The van der Waals surface area contributed by atoms with Crippen molar-refractivity contribution in [1.82, 2.24) is 5.32 Å². The number of ether oxygens (including phenoxy) is 4. The molecule has 21 heavy (non-hydrogen) atoms. The van der Waals surface area contributed by atoms with Crippen LogP contribution in [0.5, 0.6) is 17.2 Å². The van der Waals surface area contributed by atoms with Crippen molar-refractivity contribution in [2.24, 2.45) is 0 Å². The summed E-state index contributed by atoms with van der Waals surface area (Å²) in [4.78, 5) is 11.9. The van der Waals surface area contributed by atoms with Gasteiger partial charge in [0, 0.05) is 18.2 Å². The lowest BCUT2D eigenvalue weighted by molar-refractivity contribution is -0.151. The van der Waals surface area contributed by atoms with Crippen LogP contribution in [0.15, 0.2) is 18.2 Å². The Kier molecular flexibility index (Phi) is 6.30. The molecule has 0 saturated heterocycles. The molecule has 0 spiro atoms. The molecule has 1 aromatic carbocycles. The summed E-state index contributed by atoms with van der Waals surface area (Å²) in [6.07, 6.45) is 0. The van der Waals surface area contributed by atoms with Crippen molar-refractivity contribution in [3.8, 4) is 17.2 Å². The normalized spacial score (nSPS) is 13.2. The molecule has 0 fully saturated rings. The van der Waals surface area contributed by atoms with E-state index in [0.29, 0.717) is 23.9 Å². The zero-order chi connectivity index (χ0) is 15.9. The Labute approximate surface area is 125 Å². The molecule has 1 unspecified atom stereocenters. The van der Waals surface area contributed by atoms with Crippen LogP contribution < -0.4 is 19.5 Å². The second-order valence-electron chi connectivity index (χ2n) is 4.64. The molecule has 1 atom stereocenters. The lowest BCUT2D eigenvalue weighted by Crippen LogP contribution is -2.53. The number of rotatable bonds is 8. The number of methoxy groups -OCH3 is 2. The van der Waals surface area contributed by atoms with Crippen LogP contribution >= 0.6 is 0 Å². The summed E-state index contributed by atoms with van der Waals surface area (Å²) in [5.74, 6) is 1.43. The van der Waals surface area contributed by atoms with Gasteiger partial charge in [-0.05, 0) is 20.9 Å². The van der Waals surface area contributed by atoms with E-state index in [9.17, 15) is 4.79 Å². The largest absolute Gasteiger partial charge is 0.496 e. The van der Waals surface area contributed by atoms with Crippen LogP contribution in [-0.4, -0.2) is 46.0 Å². The minimum Gasteiger partial charge on any atom is -0.496 e. The third-order valence-corrected chi connectivity index (χ3v) is 3.13. The van der Waals surface area contributed by atoms with Gasteiger partial charge >= 0.3 is 5.97 Å². The number of hydrogen-bond acceptors (Lipinski definition) is 6. The Hall–Kier alpha value is -1.95. The van der Waals surface area contributed by atoms with Gasteiger partial charge in [0.2, 0.25) is 0 Å². The Bertz CT molecular complexity index is 455. The summed E-state index contributed by atoms with van der Waals surface area (Å²) in [6.45, 7) is 3.94. The number of benzene rings is 1. The van der Waals surface area contributed by atoms with Gasteiger partial charge in [-0.25, -0.2) is 4.79 Å². The van der Waals surface area contributed by atoms with Crippen LogP contribution in [0, 0.1) is 0 Å². The van der Waals surface area contributed by atoms with E-state index in [1.807, 2.05) is 0 Å². The molecular weight excluding hydrogens is 274 g/mol. The molecule has 0 heterocycles. The topological polar surface area (TPSA) is 66.0 Å². The van der Waals surface area contributed by atoms with Gasteiger partial charge in [0.25, 0.3) is 0 Å². The number of carbonyl (C=O) groups excluding carboxylic acids is 1. The SMILES string of the molecule is CCOC(=O)C(C)(COc1cc(OC)cc(OC)c1)NC. The summed E-state index contributed by atoms with van der Waals surface area (Å²) in [7, 11) is 4.82. The van der Waals surface area contributed by atoms with E-state index in [4.69, 9.17) is 18.9 Å². The standard InChI is InChI=1S/C15H23NO5/c1-6-20-14(17)15(2,16-3)10-21-13-8-11(18-4)7-12(9-13)19-5/h7-9,16H,6,10H2,1-5H3. The van der Waals surface area contributed by atoms with Crippen molar-refractivity contribution >= 4 is 5.97 Å². The van der Waals surface area contributed by atoms with Crippen LogP contribution in [0.25, 0.3) is 0 Å². The molecule has 1 aromatic rings. The highest BCUT2D eigenvalue weighted by Crippen LogP contribution is 2.28. The van der Waals surface area contributed by atoms with Gasteiger partial charge in [-0.2, -0.15) is 0 Å². The average molecular weight is 297 g/mol. The van der Waals surface area contributed by atoms with Crippen LogP contribution in [0.4, 0.5) is 0 Å². The molecule has 118 valence electrons. The van der Waals surface area contributed by atoms with Crippen LogP contribution in [-0.2, 0) is 9.53 Å². The van der Waals surface area contributed by atoms with Crippen molar-refractivity contribution in [1.29, 1.82) is 0 Å². The zero-order valence-corrected chi connectivity index (χ0v) is 13.2. The van der Waals surface area contributed by atoms with Gasteiger partial charge in [-0.3, -0.25) is 0 Å². The van der Waals surface area contributed by atoms with Crippen molar-refractivity contribution in [2.75, 3.05) is 34.5 Å². The predicted octanol–water partition coefficient (Wildman–Crippen LogP) is 1.62. The lowest BCUT2D eigenvalue weighted by atomic mass is 10.1. The smallest absolute Gasteiger partial charge is 0.329 e. The maximum Gasteiger partial charge on any atom is 0.329 e. The highest BCUT2D eigenvalue weighted by Gasteiger charge is 2.34. The van der Waals surface area contributed by atoms with Gasteiger partial charge in [0.1, 0.15) is 29.4 Å². The molecule has 0 bridgehead atoms. The molecule has 0 aromatic heterocycles. The molecule has 1 rings (SSSR count). The summed E-state index contributed by atoms with van der Waals surface area (Å²) in [6, 6.07) is 5.20. The second-order valence-corrected chi connectivity index (χ2v) is 4.64. The van der Waals surface area contributed by atoms with E-state index in [1.165, 1.54) is 0 Å². The maximum atomic E-state index is 11.9. The first kappa shape index (κ1) is 17.1. The first-order chi connectivity index (χ1) is 9.98. The summed E-state index contributed by atoms with van der Waals surface area (Å²) in [5.41, 5.74) is -0.924. The fourth-order valence-electron chi connectivity index (χ4n) is 1.62. The van der Waals surface area contributed by atoms with Gasteiger partial charge in [0.15, 0.2) is 0 Å². The monoisotopic (exact) mass is 297 g/mol. The van der Waals surface area contributed by atoms with Crippen LogP contribution in [0.3, 0.4) is 0 Å². The molecule has 1 N–H and O–H groups in total. The summed E-state index contributed by atoms with van der Waals surface area (Å²) in [5, 5.41) is 2.93. The first-order valence-corrected chi connectivity index (χ1v) is 6.71. The minimum atomic E-state index is -0.924. The third kappa shape index (κ3) is 4.53. The number of likely N-dealkylation sites (N-methyl/N-ethyl adjacent to an activating group) is 1. The Morgan fingerprint density at radius 2 is 1.67 bits per heavy atom. The number of hydrogen-bond donors (Lipinski definition) is 1. The molecule has 0 aliphatic heterocycles. The van der Waals surface area contributed by atoms with E-state index >= 15 is 0 Å². The Balaban J connectivity index is 2.83. The van der Waals surface area contributed by atoms with E-state index in [2.05, 4.69) is 5.32 Å². The summed E-state index contributed by atoms with van der Waals surface area (Å²) < 4.78 is 21.1. The van der Waals surface area contributed by atoms with Crippen molar-refractivity contribution in [3.63, 3.8) is 0 Å². The average Bonchev–Trinajstić information content (AvgIpc) is 2.52. The maximum absolute atomic E-state index is 11.9. The van der Waals surface area contributed by atoms with E-state index in [0.717, 1.165) is 0 Å². The molecule has 0 radical (unpaired) electrons. The number of esters is 1. The van der Waals surface area contributed by atoms with E-state index in [1.54, 1.807) is 53.3 Å². The predicted molar refractivity (Wildman–Crippen MR) is 79.1 cm³/mol. The summed E-state index contributed by atoms with van der Waals surface area (Å²) >= 11 is 0. The van der Waals surface area contributed by atoms with Crippen LogP contribution in [0.1, 0.15) is 13.8 Å². The zero-order valence-electron chi connectivity index (χ0n) is 13.2. The van der Waals surface area contributed by atoms with E-state index in [-0.39, 0.29) is 12.6 Å². The molecule has 0 saturated carbocycles. The molecular formula is C15H23NO5.